The minimum Gasteiger partial charge on any atom is -0.271 e. The average Bonchev–Trinajstić information content (AvgIpc) is 2.62. The minimum absolute atomic E-state index is 0.132. The van der Waals surface area contributed by atoms with E-state index < -0.39 is 0 Å². The Morgan fingerprint density at radius 3 is 2.82 bits per heavy atom. The highest BCUT2D eigenvalue weighted by Crippen LogP contribution is 2.38. The third kappa shape index (κ3) is 2.69. The fourth-order valence-corrected chi connectivity index (χ4v) is 3.47. The van der Waals surface area contributed by atoms with Crippen LogP contribution in [0.25, 0.3) is 0 Å². The lowest BCUT2D eigenvalue weighted by atomic mass is 9.78. The number of rotatable bonds is 3. The van der Waals surface area contributed by atoms with Crippen LogP contribution in [0.2, 0.25) is 0 Å². The molecule has 1 aromatic heterocycles. The van der Waals surface area contributed by atoms with Crippen LogP contribution in [0.3, 0.4) is 0 Å². The maximum absolute atomic E-state index is 5.74. The molecule has 1 saturated carbocycles. The van der Waals surface area contributed by atoms with Gasteiger partial charge in [0, 0.05) is 7.05 Å². The van der Waals surface area contributed by atoms with Gasteiger partial charge < -0.3 is 0 Å². The van der Waals surface area contributed by atoms with Crippen molar-refractivity contribution in [1.29, 1.82) is 0 Å². The van der Waals surface area contributed by atoms with Crippen LogP contribution in [0.15, 0.2) is 4.60 Å². The summed E-state index contributed by atoms with van der Waals surface area (Å²) >= 11 is 3.45. The van der Waals surface area contributed by atoms with Gasteiger partial charge in [0.1, 0.15) is 0 Å². The number of aromatic nitrogens is 3. The predicted molar refractivity (Wildman–Crippen MR) is 69.9 cm³/mol. The molecule has 3 atom stereocenters. The number of halogens is 1. The summed E-state index contributed by atoms with van der Waals surface area (Å²) in [5.74, 6) is 7.09. The molecule has 1 fully saturated rings. The highest BCUT2D eigenvalue weighted by Gasteiger charge is 2.30. The zero-order chi connectivity index (χ0) is 12.4. The van der Waals surface area contributed by atoms with Gasteiger partial charge in [-0.2, -0.15) is 0 Å². The van der Waals surface area contributed by atoms with Gasteiger partial charge in [0.05, 0.1) is 11.7 Å². The first-order valence-corrected chi connectivity index (χ1v) is 6.94. The van der Waals surface area contributed by atoms with Gasteiger partial charge in [-0.05, 0) is 40.6 Å². The van der Waals surface area contributed by atoms with Gasteiger partial charge in [-0.3, -0.25) is 11.3 Å². The van der Waals surface area contributed by atoms with Crippen molar-refractivity contribution in [1.82, 2.24) is 20.4 Å². The molecule has 96 valence electrons. The standard InChI is InChI=1S/C11H20BrN5/c1-7-4-3-5-8(6-7)9(14-13)10-11(12)15-16-17(10)2/h7-9,14H,3-6,13H2,1-2H3. The monoisotopic (exact) mass is 301 g/mol. The van der Waals surface area contributed by atoms with Crippen LogP contribution in [0.1, 0.15) is 44.3 Å². The SMILES string of the molecule is CC1CCCC(C(NN)c2c(Br)nnn2C)C1. The summed E-state index contributed by atoms with van der Waals surface area (Å²) in [5, 5.41) is 8.06. The lowest BCUT2D eigenvalue weighted by Crippen LogP contribution is -2.37. The zero-order valence-corrected chi connectivity index (χ0v) is 11.9. The van der Waals surface area contributed by atoms with Gasteiger partial charge >= 0.3 is 0 Å². The molecule has 0 radical (unpaired) electrons. The molecule has 5 nitrogen and oxygen atoms in total. The van der Waals surface area contributed by atoms with Crippen LogP contribution >= 0.6 is 15.9 Å². The van der Waals surface area contributed by atoms with Crippen LogP contribution < -0.4 is 11.3 Å². The normalized spacial score (nSPS) is 27.1. The summed E-state index contributed by atoms with van der Waals surface area (Å²) in [4.78, 5) is 0. The summed E-state index contributed by atoms with van der Waals surface area (Å²) in [5.41, 5.74) is 3.99. The Kier molecular flexibility index (Phi) is 4.17. The number of nitrogens with two attached hydrogens (primary N) is 1. The quantitative estimate of drug-likeness (QED) is 0.661. The van der Waals surface area contributed by atoms with Crippen molar-refractivity contribution in [3.63, 3.8) is 0 Å². The van der Waals surface area contributed by atoms with Gasteiger partial charge in [0.25, 0.3) is 0 Å². The fraction of sp³-hybridized carbons (Fsp3) is 0.818. The topological polar surface area (TPSA) is 68.8 Å². The Morgan fingerprint density at radius 2 is 2.29 bits per heavy atom. The Morgan fingerprint density at radius 1 is 1.53 bits per heavy atom. The van der Waals surface area contributed by atoms with Crippen LogP contribution in [-0.4, -0.2) is 15.0 Å². The van der Waals surface area contributed by atoms with E-state index in [4.69, 9.17) is 5.84 Å². The molecule has 1 aliphatic carbocycles. The molecule has 0 bridgehead atoms. The van der Waals surface area contributed by atoms with E-state index in [0.29, 0.717) is 5.92 Å². The summed E-state index contributed by atoms with van der Waals surface area (Å²) in [6.45, 7) is 2.32. The second kappa shape index (κ2) is 5.46. The van der Waals surface area contributed by atoms with E-state index in [2.05, 4.69) is 38.6 Å². The molecule has 17 heavy (non-hydrogen) atoms. The highest BCUT2D eigenvalue weighted by atomic mass is 79.9. The summed E-state index contributed by atoms with van der Waals surface area (Å²) in [6, 6.07) is 0.132. The van der Waals surface area contributed by atoms with E-state index in [1.165, 1.54) is 25.7 Å². The Bertz CT molecular complexity index is 358. The van der Waals surface area contributed by atoms with E-state index in [0.717, 1.165) is 16.2 Å². The number of hydrogen-bond acceptors (Lipinski definition) is 4. The molecule has 6 heteroatoms. The van der Waals surface area contributed by atoms with Crippen molar-refractivity contribution in [3.05, 3.63) is 10.3 Å². The lowest BCUT2D eigenvalue weighted by Gasteiger charge is -2.32. The molecule has 0 aliphatic heterocycles. The first kappa shape index (κ1) is 13.0. The average molecular weight is 302 g/mol. The van der Waals surface area contributed by atoms with Gasteiger partial charge in [-0.25, -0.2) is 4.68 Å². The van der Waals surface area contributed by atoms with Gasteiger partial charge in [0.15, 0.2) is 4.60 Å². The number of hydrogen-bond donors (Lipinski definition) is 2. The third-order valence-electron chi connectivity index (χ3n) is 3.75. The van der Waals surface area contributed by atoms with Crippen LogP contribution in [0.5, 0.6) is 0 Å². The second-order valence-electron chi connectivity index (χ2n) is 5.07. The molecular formula is C11H20BrN5. The molecular weight excluding hydrogens is 282 g/mol. The van der Waals surface area contributed by atoms with E-state index >= 15 is 0 Å². The van der Waals surface area contributed by atoms with Crippen molar-refractivity contribution in [2.24, 2.45) is 24.7 Å². The Balaban J connectivity index is 2.21. The smallest absolute Gasteiger partial charge is 0.153 e. The number of nitrogens with one attached hydrogen (secondary N) is 1. The van der Waals surface area contributed by atoms with Gasteiger partial charge in [-0.1, -0.05) is 25.0 Å². The number of hydrazine groups is 1. The summed E-state index contributed by atoms with van der Waals surface area (Å²) in [6.07, 6.45) is 5.05. The minimum atomic E-state index is 0.132. The van der Waals surface area contributed by atoms with E-state index in [1.807, 2.05) is 7.05 Å². The molecule has 3 unspecified atom stereocenters. The molecule has 0 aromatic carbocycles. The van der Waals surface area contributed by atoms with Crippen molar-refractivity contribution in [3.8, 4) is 0 Å². The van der Waals surface area contributed by atoms with Crippen LogP contribution in [0, 0.1) is 11.8 Å². The summed E-state index contributed by atoms with van der Waals surface area (Å²) in [7, 11) is 1.91. The van der Waals surface area contributed by atoms with Crippen molar-refractivity contribution < 1.29 is 0 Å². The lowest BCUT2D eigenvalue weighted by molar-refractivity contribution is 0.218. The Hall–Kier alpha value is -0.460. The fourth-order valence-electron chi connectivity index (χ4n) is 2.89. The highest BCUT2D eigenvalue weighted by molar-refractivity contribution is 9.10. The zero-order valence-electron chi connectivity index (χ0n) is 10.4. The molecule has 0 spiro atoms. The molecule has 1 aromatic rings. The largest absolute Gasteiger partial charge is 0.271 e. The van der Waals surface area contributed by atoms with Crippen LogP contribution in [0.4, 0.5) is 0 Å². The maximum atomic E-state index is 5.74. The van der Waals surface area contributed by atoms with E-state index in [-0.39, 0.29) is 6.04 Å². The number of nitrogens with zero attached hydrogens (tertiary/aromatic N) is 3. The number of aryl methyl sites for hydroxylation is 1. The maximum Gasteiger partial charge on any atom is 0.153 e. The van der Waals surface area contributed by atoms with Crippen molar-refractivity contribution in [2.45, 2.75) is 38.6 Å². The van der Waals surface area contributed by atoms with E-state index in [1.54, 1.807) is 4.68 Å². The molecule has 3 N–H and O–H groups in total. The molecule has 2 rings (SSSR count). The third-order valence-corrected chi connectivity index (χ3v) is 4.31. The molecule has 0 saturated heterocycles. The van der Waals surface area contributed by atoms with E-state index in [9.17, 15) is 0 Å². The van der Waals surface area contributed by atoms with Crippen LogP contribution in [-0.2, 0) is 7.05 Å². The first-order chi connectivity index (χ1) is 8.13. The molecule has 1 heterocycles. The van der Waals surface area contributed by atoms with Gasteiger partial charge in [-0.15, -0.1) is 5.10 Å². The second-order valence-corrected chi connectivity index (χ2v) is 5.82. The van der Waals surface area contributed by atoms with Crippen molar-refractivity contribution >= 4 is 15.9 Å². The Labute approximate surface area is 110 Å². The molecule has 0 amide bonds. The first-order valence-electron chi connectivity index (χ1n) is 6.14. The predicted octanol–water partition coefficient (Wildman–Crippen LogP) is 1.91. The van der Waals surface area contributed by atoms with Gasteiger partial charge in [0.2, 0.25) is 0 Å². The van der Waals surface area contributed by atoms with Crippen molar-refractivity contribution in [2.75, 3.05) is 0 Å². The summed E-state index contributed by atoms with van der Waals surface area (Å²) < 4.78 is 2.59. The molecule has 1 aliphatic rings.